The number of aromatic hydroxyl groups is 1. The number of aromatic nitrogens is 2. The summed E-state index contributed by atoms with van der Waals surface area (Å²) < 4.78 is 13.0. The quantitative estimate of drug-likeness (QED) is 0.879. The lowest BCUT2D eigenvalue weighted by molar-refractivity contribution is 0.0947. The SMILES string of the molecule is Cc1nccc(CNC(=O)c2cc(F)ccc2O)n1. The van der Waals surface area contributed by atoms with Crippen LogP contribution in [0, 0.1) is 12.7 Å². The number of amides is 1. The molecule has 98 valence electrons. The van der Waals surface area contributed by atoms with Crippen LogP contribution in [0.4, 0.5) is 4.39 Å². The van der Waals surface area contributed by atoms with E-state index in [0.717, 1.165) is 18.2 Å². The Kier molecular flexibility index (Phi) is 3.70. The van der Waals surface area contributed by atoms with Gasteiger partial charge in [-0.1, -0.05) is 0 Å². The summed E-state index contributed by atoms with van der Waals surface area (Å²) in [5.74, 6) is -0.813. The second kappa shape index (κ2) is 5.43. The third kappa shape index (κ3) is 3.25. The van der Waals surface area contributed by atoms with Crippen LogP contribution in [-0.2, 0) is 6.54 Å². The Morgan fingerprint density at radius 1 is 1.42 bits per heavy atom. The molecule has 1 aromatic carbocycles. The van der Waals surface area contributed by atoms with Crippen LogP contribution in [0.3, 0.4) is 0 Å². The molecule has 1 amide bonds. The Morgan fingerprint density at radius 3 is 2.95 bits per heavy atom. The van der Waals surface area contributed by atoms with E-state index < -0.39 is 11.7 Å². The van der Waals surface area contributed by atoms with Gasteiger partial charge in [0, 0.05) is 6.20 Å². The maximum atomic E-state index is 13.0. The molecule has 1 heterocycles. The van der Waals surface area contributed by atoms with E-state index in [1.165, 1.54) is 0 Å². The number of nitrogens with zero attached hydrogens (tertiary/aromatic N) is 2. The maximum absolute atomic E-state index is 13.0. The second-order valence-electron chi connectivity index (χ2n) is 3.94. The van der Waals surface area contributed by atoms with Crippen molar-refractivity contribution in [1.29, 1.82) is 0 Å². The topological polar surface area (TPSA) is 75.1 Å². The average Bonchev–Trinajstić information content (AvgIpc) is 2.39. The fourth-order valence-electron chi connectivity index (χ4n) is 1.56. The lowest BCUT2D eigenvalue weighted by Gasteiger charge is -2.06. The fourth-order valence-corrected chi connectivity index (χ4v) is 1.56. The van der Waals surface area contributed by atoms with Crippen molar-refractivity contribution in [2.45, 2.75) is 13.5 Å². The molecule has 0 saturated carbocycles. The van der Waals surface area contributed by atoms with Crippen LogP contribution in [0.25, 0.3) is 0 Å². The Hall–Kier alpha value is -2.50. The smallest absolute Gasteiger partial charge is 0.255 e. The molecule has 0 aliphatic carbocycles. The number of rotatable bonds is 3. The van der Waals surface area contributed by atoms with Gasteiger partial charge in [-0.3, -0.25) is 4.79 Å². The number of hydrogen-bond donors (Lipinski definition) is 2. The number of carbonyl (C=O) groups excluding carboxylic acids is 1. The third-order valence-electron chi connectivity index (χ3n) is 2.47. The van der Waals surface area contributed by atoms with Crippen molar-refractivity contribution in [1.82, 2.24) is 15.3 Å². The van der Waals surface area contributed by atoms with E-state index in [1.807, 2.05) is 0 Å². The number of phenolic OH excluding ortho intramolecular Hbond substituents is 1. The van der Waals surface area contributed by atoms with Gasteiger partial charge in [-0.15, -0.1) is 0 Å². The lowest BCUT2D eigenvalue weighted by Crippen LogP contribution is -2.23. The first kappa shape index (κ1) is 12.9. The maximum Gasteiger partial charge on any atom is 0.255 e. The first-order valence-electron chi connectivity index (χ1n) is 5.61. The zero-order chi connectivity index (χ0) is 13.8. The van der Waals surface area contributed by atoms with Crippen LogP contribution in [0.2, 0.25) is 0 Å². The molecular formula is C13H12FN3O2. The average molecular weight is 261 g/mol. The Bertz CT molecular complexity index is 617. The lowest BCUT2D eigenvalue weighted by atomic mass is 10.2. The molecule has 2 N–H and O–H groups in total. The van der Waals surface area contributed by atoms with Gasteiger partial charge in [-0.25, -0.2) is 14.4 Å². The van der Waals surface area contributed by atoms with Gasteiger partial charge in [0.2, 0.25) is 0 Å². The van der Waals surface area contributed by atoms with E-state index >= 15 is 0 Å². The van der Waals surface area contributed by atoms with Crippen LogP contribution >= 0.6 is 0 Å². The number of benzene rings is 1. The van der Waals surface area contributed by atoms with Crippen molar-refractivity contribution >= 4 is 5.91 Å². The van der Waals surface area contributed by atoms with Crippen LogP contribution < -0.4 is 5.32 Å². The summed E-state index contributed by atoms with van der Waals surface area (Å²) in [7, 11) is 0. The third-order valence-corrected chi connectivity index (χ3v) is 2.47. The van der Waals surface area contributed by atoms with E-state index in [-0.39, 0.29) is 17.9 Å². The molecule has 0 atom stereocenters. The predicted octanol–water partition coefficient (Wildman–Crippen LogP) is 1.56. The molecule has 0 radical (unpaired) electrons. The van der Waals surface area contributed by atoms with Gasteiger partial charge in [0.05, 0.1) is 17.8 Å². The predicted molar refractivity (Wildman–Crippen MR) is 66.0 cm³/mol. The molecule has 2 rings (SSSR count). The fraction of sp³-hybridized carbons (Fsp3) is 0.154. The van der Waals surface area contributed by atoms with Crippen LogP contribution in [0.15, 0.2) is 30.5 Å². The summed E-state index contributed by atoms with van der Waals surface area (Å²) in [6, 6.07) is 4.87. The van der Waals surface area contributed by atoms with Gasteiger partial charge in [0.25, 0.3) is 5.91 Å². The van der Waals surface area contributed by atoms with Crippen molar-refractivity contribution in [3.63, 3.8) is 0 Å². The zero-order valence-electron chi connectivity index (χ0n) is 10.2. The van der Waals surface area contributed by atoms with Crippen molar-refractivity contribution < 1.29 is 14.3 Å². The standard InChI is InChI=1S/C13H12FN3O2/c1-8-15-5-4-10(17-8)7-16-13(19)11-6-9(14)2-3-12(11)18/h2-6,18H,7H2,1H3,(H,16,19). The van der Waals surface area contributed by atoms with Gasteiger partial charge in [-0.2, -0.15) is 0 Å². The molecular weight excluding hydrogens is 249 g/mol. The highest BCUT2D eigenvalue weighted by Gasteiger charge is 2.12. The first-order valence-corrected chi connectivity index (χ1v) is 5.61. The molecule has 2 aromatic rings. The summed E-state index contributed by atoms with van der Waals surface area (Å²) >= 11 is 0. The van der Waals surface area contributed by atoms with E-state index in [9.17, 15) is 14.3 Å². The Balaban J connectivity index is 2.07. The molecule has 0 aliphatic rings. The van der Waals surface area contributed by atoms with Crippen LogP contribution in [-0.4, -0.2) is 21.0 Å². The van der Waals surface area contributed by atoms with E-state index in [2.05, 4.69) is 15.3 Å². The van der Waals surface area contributed by atoms with E-state index in [0.29, 0.717) is 11.5 Å². The summed E-state index contributed by atoms with van der Waals surface area (Å²) in [6.07, 6.45) is 1.59. The van der Waals surface area contributed by atoms with Gasteiger partial charge < -0.3 is 10.4 Å². The largest absolute Gasteiger partial charge is 0.507 e. The molecule has 0 bridgehead atoms. The minimum absolute atomic E-state index is 0.106. The number of aryl methyl sites for hydroxylation is 1. The number of hydrogen-bond acceptors (Lipinski definition) is 4. The molecule has 19 heavy (non-hydrogen) atoms. The number of halogens is 1. The van der Waals surface area contributed by atoms with Gasteiger partial charge in [-0.05, 0) is 31.2 Å². The summed E-state index contributed by atoms with van der Waals surface area (Å²) in [6.45, 7) is 1.92. The Morgan fingerprint density at radius 2 is 2.21 bits per heavy atom. The molecule has 0 fully saturated rings. The van der Waals surface area contributed by atoms with Gasteiger partial charge in [0.1, 0.15) is 17.4 Å². The molecule has 0 aliphatic heterocycles. The molecule has 1 aromatic heterocycles. The highest BCUT2D eigenvalue weighted by Crippen LogP contribution is 2.17. The minimum atomic E-state index is -0.583. The highest BCUT2D eigenvalue weighted by molar-refractivity contribution is 5.96. The van der Waals surface area contributed by atoms with Crippen LogP contribution in [0.1, 0.15) is 21.9 Å². The van der Waals surface area contributed by atoms with Gasteiger partial charge >= 0.3 is 0 Å². The molecule has 5 nitrogen and oxygen atoms in total. The molecule has 0 spiro atoms. The second-order valence-corrected chi connectivity index (χ2v) is 3.94. The van der Waals surface area contributed by atoms with Crippen molar-refractivity contribution in [3.8, 4) is 5.75 Å². The first-order chi connectivity index (χ1) is 9.06. The molecule has 6 heteroatoms. The number of carbonyl (C=O) groups is 1. The summed E-state index contributed by atoms with van der Waals surface area (Å²) in [4.78, 5) is 19.8. The van der Waals surface area contributed by atoms with Crippen LogP contribution in [0.5, 0.6) is 5.75 Å². The monoisotopic (exact) mass is 261 g/mol. The van der Waals surface area contributed by atoms with Gasteiger partial charge in [0.15, 0.2) is 0 Å². The van der Waals surface area contributed by atoms with Crippen molar-refractivity contribution in [2.24, 2.45) is 0 Å². The number of phenols is 1. The molecule has 0 saturated heterocycles. The normalized spacial score (nSPS) is 10.2. The van der Waals surface area contributed by atoms with Crippen molar-refractivity contribution in [2.75, 3.05) is 0 Å². The molecule has 0 unspecified atom stereocenters. The zero-order valence-corrected chi connectivity index (χ0v) is 10.2. The van der Waals surface area contributed by atoms with Crippen molar-refractivity contribution in [3.05, 3.63) is 53.4 Å². The Labute approximate surface area is 109 Å². The minimum Gasteiger partial charge on any atom is -0.507 e. The number of nitrogens with one attached hydrogen (secondary N) is 1. The van der Waals surface area contributed by atoms with E-state index in [4.69, 9.17) is 0 Å². The summed E-state index contributed by atoms with van der Waals surface area (Å²) in [5, 5.41) is 12.0. The summed E-state index contributed by atoms with van der Waals surface area (Å²) in [5.41, 5.74) is 0.530. The highest BCUT2D eigenvalue weighted by atomic mass is 19.1. The van der Waals surface area contributed by atoms with E-state index in [1.54, 1.807) is 19.2 Å².